The molecule has 0 aromatic heterocycles. The molecule has 3 aromatic rings. The summed E-state index contributed by atoms with van der Waals surface area (Å²) in [4.78, 5) is 41.9. The molecular weight excluding hydrogens is 676 g/mol. The van der Waals surface area contributed by atoms with Gasteiger partial charge >= 0.3 is 12.1 Å². The lowest BCUT2D eigenvalue weighted by Crippen LogP contribution is -2.59. The van der Waals surface area contributed by atoms with E-state index in [9.17, 15) is 14.4 Å². The van der Waals surface area contributed by atoms with E-state index in [1.165, 1.54) is 7.11 Å². The summed E-state index contributed by atoms with van der Waals surface area (Å²) < 4.78 is 27.1. The third-order valence-corrected chi connectivity index (χ3v) is 8.52. The summed E-state index contributed by atoms with van der Waals surface area (Å²) in [5, 5.41) is 8.76. The quantitative estimate of drug-likeness (QED) is 0.135. The average molecular weight is 727 g/mol. The summed E-state index contributed by atoms with van der Waals surface area (Å²) in [6, 6.07) is 18.6. The van der Waals surface area contributed by atoms with E-state index in [4.69, 9.17) is 35.3 Å². The molecule has 0 radical (unpaired) electrons. The van der Waals surface area contributed by atoms with Crippen molar-refractivity contribution >= 4 is 46.0 Å². The summed E-state index contributed by atoms with van der Waals surface area (Å²) in [5.74, 6) is -0.442. The molecule has 2 N–H and O–H groups in total. The Bertz CT molecular complexity index is 1600. The molecule has 51 heavy (non-hydrogen) atoms. The molecule has 1 aliphatic rings. The van der Waals surface area contributed by atoms with Crippen LogP contribution in [0.3, 0.4) is 0 Å². The van der Waals surface area contributed by atoms with E-state index in [2.05, 4.69) is 16.7 Å². The van der Waals surface area contributed by atoms with Crippen LogP contribution in [0.25, 0.3) is 10.8 Å². The van der Waals surface area contributed by atoms with Gasteiger partial charge in [0.2, 0.25) is 5.91 Å². The predicted molar refractivity (Wildman–Crippen MR) is 197 cm³/mol. The SMILES string of the molecule is COC(=O)[C@@H]1[C@@H](c2ccc3ccccc3c2)N(CCc2ccc(Cl)cc2NCCOCCOCCOCCNC(=O)OC(C)(C)C)C(=O)CN1C. The third-order valence-electron chi connectivity index (χ3n) is 8.29. The highest BCUT2D eigenvalue weighted by Gasteiger charge is 2.44. The Morgan fingerprint density at radius 2 is 1.55 bits per heavy atom. The van der Waals surface area contributed by atoms with E-state index >= 15 is 0 Å². The lowest BCUT2D eigenvalue weighted by molar-refractivity contribution is -0.158. The molecule has 0 bridgehead atoms. The van der Waals surface area contributed by atoms with Gasteiger partial charge in [0.25, 0.3) is 0 Å². The van der Waals surface area contributed by atoms with Crippen molar-refractivity contribution in [2.75, 3.05) is 85.3 Å². The smallest absolute Gasteiger partial charge is 0.407 e. The highest BCUT2D eigenvalue weighted by Crippen LogP contribution is 2.34. The molecule has 0 unspecified atom stereocenters. The van der Waals surface area contributed by atoms with Gasteiger partial charge in [-0.2, -0.15) is 0 Å². The van der Waals surface area contributed by atoms with Gasteiger partial charge in [-0.1, -0.05) is 54.1 Å². The van der Waals surface area contributed by atoms with Crippen LogP contribution in [0, 0.1) is 0 Å². The number of benzene rings is 3. The number of fused-ring (bicyclic) bond motifs is 1. The number of likely N-dealkylation sites (N-methyl/N-ethyl adjacent to an activating group) is 1. The molecule has 0 spiro atoms. The maximum atomic E-state index is 13.6. The van der Waals surface area contributed by atoms with E-state index < -0.39 is 23.8 Å². The van der Waals surface area contributed by atoms with Crippen LogP contribution in [0.4, 0.5) is 10.5 Å². The number of anilines is 1. The van der Waals surface area contributed by atoms with E-state index in [1.807, 2.05) is 75.4 Å². The first-order valence-corrected chi connectivity index (χ1v) is 17.6. The number of piperazine rings is 1. The van der Waals surface area contributed by atoms with Crippen LogP contribution in [-0.2, 0) is 39.7 Å². The Balaban J connectivity index is 1.24. The number of hydrogen-bond donors (Lipinski definition) is 2. The fourth-order valence-electron chi connectivity index (χ4n) is 5.93. The van der Waals surface area contributed by atoms with Crippen LogP contribution in [0.1, 0.15) is 37.9 Å². The molecule has 1 fully saturated rings. The number of methoxy groups -OCH3 is 1. The number of carbonyl (C=O) groups excluding carboxylic acids is 3. The lowest BCUT2D eigenvalue weighted by Gasteiger charge is -2.45. The molecule has 2 atom stereocenters. The van der Waals surface area contributed by atoms with Crippen LogP contribution in [0.2, 0.25) is 5.02 Å². The van der Waals surface area contributed by atoms with E-state index in [0.717, 1.165) is 27.6 Å². The van der Waals surface area contributed by atoms with Crippen LogP contribution in [-0.4, -0.2) is 119 Å². The molecule has 0 saturated carbocycles. The van der Waals surface area contributed by atoms with Gasteiger partial charge in [-0.15, -0.1) is 0 Å². The van der Waals surface area contributed by atoms with Crippen LogP contribution in [0.5, 0.6) is 0 Å². The number of esters is 1. The van der Waals surface area contributed by atoms with Gasteiger partial charge < -0.3 is 39.2 Å². The molecule has 13 heteroatoms. The number of alkyl carbamates (subject to hydrolysis) is 1. The Morgan fingerprint density at radius 3 is 2.24 bits per heavy atom. The Kier molecular flexibility index (Phi) is 15.3. The van der Waals surface area contributed by atoms with Crippen molar-refractivity contribution in [1.82, 2.24) is 15.1 Å². The summed E-state index contributed by atoms with van der Waals surface area (Å²) in [6.07, 6.45) is 0.0738. The molecule has 2 amide bonds. The number of hydrogen-bond acceptors (Lipinski definition) is 10. The number of halogens is 1. The maximum Gasteiger partial charge on any atom is 0.407 e. The summed E-state index contributed by atoms with van der Waals surface area (Å²) in [6.45, 7) is 9.31. The summed E-state index contributed by atoms with van der Waals surface area (Å²) in [7, 11) is 3.16. The van der Waals surface area contributed by atoms with Crippen molar-refractivity contribution in [1.29, 1.82) is 0 Å². The second-order valence-electron chi connectivity index (χ2n) is 13.3. The molecule has 1 heterocycles. The summed E-state index contributed by atoms with van der Waals surface area (Å²) >= 11 is 6.37. The Morgan fingerprint density at radius 1 is 0.882 bits per heavy atom. The predicted octanol–water partition coefficient (Wildman–Crippen LogP) is 5.08. The second-order valence-corrected chi connectivity index (χ2v) is 13.7. The van der Waals surface area contributed by atoms with Gasteiger partial charge in [0.1, 0.15) is 11.6 Å². The minimum atomic E-state index is -0.654. The summed E-state index contributed by atoms with van der Waals surface area (Å²) in [5.41, 5.74) is 2.18. The van der Waals surface area contributed by atoms with Crippen molar-refractivity contribution in [3.8, 4) is 0 Å². The van der Waals surface area contributed by atoms with Gasteiger partial charge in [0.05, 0.1) is 59.3 Å². The third kappa shape index (κ3) is 12.4. The topological polar surface area (TPSA) is 128 Å². The Hall–Kier alpha value is -3.94. The van der Waals surface area contributed by atoms with Crippen molar-refractivity contribution in [3.63, 3.8) is 0 Å². The average Bonchev–Trinajstić information content (AvgIpc) is 3.09. The van der Waals surface area contributed by atoms with Gasteiger partial charge in [0.15, 0.2) is 0 Å². The molecule has 1 saturated heterocycles. The fourth-order valence-corrected chi connectivity index (χ4v) is 6.10. The monoisotopic (exact) mass is 726 g/mol. The van der Waals surface area contributed by atoms with E-state index in [0.29, 0.717) is 70.7 Å². The zero-order valence-corrected chi connectivity index (χ0v) is 31.0. The van der Waals surface area contributed by atoms with Crippen molar-refractivity contribution in [3.05, 3.63) is 76.8 Å². The molecule has 12 nitrogen and oxygen atoms in total. The van der Waals surface area contributed by atoms with Crippen molar-refractivity contribution < 1.29 is 38.1 Å². The minimum Gasteiger partial charge on any atom is -0.468 e. The number of rotatable bonds is 18. The molecule has 1 aliphatic heterocycles. The van der Waals surface area contributed by atoms with Crippen LogP contribution in [0.15, 0.2) is 60.7 Å². The zero-order chi connectivity index (χ0) is 36.8. The first-order valence-electron chi connectivity index (χ1n) is 17.3. The van der Waals surface area contributed by atoms with Crippen molar-refractivity contribution in [2.45, 2.75) is 44.9 Å². The Labute approximate surface area is 305 Å². The highest BCUT2D eigenvalue weighted by molar-refractivity contribution is 6.30. The molecule has 3 aromatic carbocycles. The lowest BCUT2D eigenvalue weighted by atomic mass is 9.91. The van der Waals surface area contributed by atoms with Crippen LogP contribution < -0.4 is 10.6 Å². The van der Waals surface area contributed by atoms with Crippen molar-refractivity contribution in [2.24, 2.45) is 0 Å². The molecular formula is C38H51ClN4O8. The number of carbonyl (C=O) groups is 3. The second kappa shape index (κ2) is 19.6. The number of nitrogens with zero attached hydrogens (tertiary/aromatic N) is 2. The van der Waals surface area contributed by atoms with Crippen LogP contribution >= 0.6 is 11.6 Å². The maximum absolute atomic E-state index is 13.6. The van der Waals surface area contributed by atoms with E-state index in [-0.39, 0.29) is 18.4 Å². The largest absolute Gasteiger partial charge is 0.468 e. The van der Waals surface area contributed by atoms with E-state index in [1.54, 1.807) is 16.8 Å². The number of amides is 2. The van der Waals surface area contributed by atoms with Gasteiger partial charge in [0, 0.05) is 30.3 Å². The van der Waals surface area contributed by atoms with Gasteiger partial charge in [-0.3, -0.25) is 14.5 Å². The van der Waals surface area contributed by atoms with Gasteiger partial charge in [-0.05, 0) is 74.3 Å². The molecule has 4 rings (SSSR count). The first-order chi connectivity index (χ1) is 24.5. The first kappa shape index (κ1) is 39.8. The molecule has 278 valence electrons. The standard InChI is InChI=1S/C38H51ClN4O8/c1-38(2,3)51-37(46)41-16-19-49-21-23-50-22-20-48-18-15-40-32-25-31(39)13-12-28(32)14-17-43-33(44)26-42(4)35(36(45)47-5)34(43)30-11-10-27-8-6-7-9-29(27)24-30/h6-13,24-25,34-35,40H,14-23,26H2,1-5H3,(H,41,46)/t34-,35+/m1/s1. The highest BCUT2D eigenvalue weighted by atomic mass is 35.5. The zero-order valence-electron chi connectivity index (χ0n) is 30.2. The number of nitrogens with one attached hydrogen (secondary N) is 2. The normalized spacial score (nSPS) is 16.7. The fraction of sp³-hybridized carbons (Fsp3) is 0.500. The molecule has 0 aliphatic carbocycles. The number of ether oxygens (including phenoxy) is 5. The van der Waals surface area contributed by atoms with Gasteiger partial charge in [-0.25, -0.2) is 4.79 Å². The minimum absolute atomic E-state index is 0.0586.